The number of benzene rings is 3. The smallest absolute Gasteiger partial charge is 0.406 e. The highest BCUT2D eigenvalue weighted by atomic mass is 32.2. The molecule has 2 heterocycles. The number of nitrogens with zero attached hydrogens (tertiary/aromatic N) is 5. The number of carbonyl (C=O) groups excluding carboxylic acids is 2. The van der Waals surface area contributed by atoms with Crippen molar-refractivity contribution in [2.45, 2.75) is 34.1 Å². The zero-order chi connectivity index (χ0) is 31.6. The second kappa shape index (κ2) is 12.4. The maximum absolute atomic E-state index is 12.7. The Morgan fingerprint density at radius 2 is 1.70 bits per heavy atom. The molecule has 0 bridgehead atoms. The molecule has 0 aliphatic carbocycles. The van der Waals surface area contributed by atoms with E-state index in [0.29, 0.717) is 16.7 Å². The van der Waals surface area contributed by atoms with Crippen molar-refractivity contribution in [2.24, 2.45) is 4.99 Å². The van der Waals surface area contributed by atoms with Crippen LogP contribution >= 0.6 is 11.8 Å². The van der Waals surface area contributed by atoms with Gasteiger partial charge in [0, 0.05) is 11.8 Å². The van der Waals surface area contributed by atoms with Gasteiger partial charge in [0.05, 0.1) is 17.1 Å². The first-order chi connectivity index (χ1) is 20.9. The number of carbonyl (C=O) groups is 2. The van der Waals surface area contributed by atoms with Crippen LogP contribution < -0.4 is 15.0 Å². The summed E-state index contributed by atoms with van der Waals surface area (Å²) in [6.07, 6.45) is -1.75. The molecule has 1 aliphatic rings. The van der Waals surface area contributed by atoms with Crippen LogP contribution in [0.15, 0.2) is 78.2 Å². The van der Waals surface area contributed by atoms with Crippen molar-refractivity contribution in [3.8, 4) is 22.8 Å². The summed E-state index contributed by atoms with van der Waals surface area (Å²) < 4.78 is 42.6. The van der Waals surface area contributed by atoms with Crippen LogP contribution in [0.25, 0.3) is 22.6 Å². The maximum Gasteiger partial charge on any atom is 0.573 e. The predicted octanol–water partition coefficient (Wildman–Crippen LogP) is 6.96. The van der Waals surface area contributed by atoms with Gasteiger partial charge in [0.25, 0.3) is 0 Å². The number of nitrogens with one attached hydrogen (secondary N) is 1. The fraction of sp³-hybridized carbons (Fsp3) is 0.194. The van der Waals surface area contributed by atoms with E-state index in [4.69, 9.17) is 0 Å². The van der Waals surface area contributed by atoms with Crippen LogP contribution in [-0.4, -0.2) is 44.0 Å². The molecule has 1 aliphatic heterocycles. The number of rotatable bonds is 6. The van der Waals surface area contributed by atoms with E-state index in [1.165, 1.54) is 51.9 Å². The molecule has 1 fully saturated rings. The van der Waals surface area contributed by atoms with Gasteiger partial charge in [-0.3, -0.25) is 9.69 Å². The van der Waals surface area contributed by atoms with Gasteiger partial charge in [-0.1, -0.05) is 53.7 Å². The van der Waals surface area contributed by atoms with Gasteiger partial charge in [0.2, 0.25) is 5.91 Å². The van der Waals surface area contributed by atoms with Crippen molar-refractivity contribution < 1.29 is 27.5 Å². The number of urea groups is 1. The number of ether oxygens (including phenoxy) is 1. The van der Waals surface area contributed by atoms with Crippen molar-refractivity contribution in [1.29, 1.82) is 0 Å². The lowest BCUT2D eigenvalue weighted by Gasteiger charge is -2.21. The minimum absolute atomic E-state index is 0.129. The number of alkyl halides is 3. The SMILES string of the molecule is C/C(=C\NC(=O)/N=C1\SCC(=O)N1c1c(C)cc(C)cc1C)c1ccc(-c2ncn(-c3ccc(OC(F)(F)F)cc3)n2)cc1. The molecular weight excluding hydrogens is 593 g/mol. The fourth-order valence-corrected chi connectivity index (χ4v) is 5.62. The summed E-state index contributed by atoms with van der Waals surface area (Å²) in [5.41, 5.74) is 6.53. The Balaban J connectivity index is 1.24. The molecule has 3 amide bonds. The van der Waals surface area contributed by atoms with Crippen molar-refractivity contribution >= 4 is 40.1 Å². The molecule has 226 valence electrons. The molecule has 1 aromatic heterocycles. The van der Waals surface area contributed by atoms with E-state index < -0.39 is 12.4 Å². The van der Waals surface area contributed by atoms with Crippen molar-refractivity contribution in [3.05, 3.63) is 95.4 Å². The number of amidine groups is 1. The van der Waals surface area contributed by atoms with Crippen LogP contribution in [0.5, 0.6) is 5.75 Å². The molecule has 0 unspecified atom stereocenters. The molecule has 13 heteroatoms. The van der Waals surface area contributed by atoms with E-state index >= 15 is 0 Å². The summed E-state index contributed by atoms with van der Waals surface area (Å²) in [4.78, 5) is 35.4. The second-order valence-corrected chi connectivity index (χ2v) is 11.0. The van der Waals surface area contributed by atoms with Crippen LogP contribution in [0.3, 0.4) is 0 Å². The lowest BCUT2D eigenvalue weighted by molar-refractivity contribution is -0.274. The number of aliphatic imine (C=N–C) groups is 1. The Kier molecular flexibility index (Phi) is 8.59. The summed E-state index contributed by atoms with van der Waals surface area (Å²) >= 11 is 1.22. The molecular formula is C31H27F3N6O3S. The average molecular weight is 621 g/mol. The fourth-order valence-electron chi connectivity index (χ4n) is 4.76. The van der Waals surface area contributed by atoms with E-state index in [-0.39, 0.29) is 17.4 Å². The number of anilines is 1. The van der Waals surface area contributed by atoms with Crippen LogP contribution in [0.2, 0.25) is 0 Å². The highest BCUT2D eigenvalue weighted by molar-refractivity contribution is 8.15. The van der Waals surface area contributed by atoms with Gasteiger partial charge >= 0.3 is 12.4 Å². The van der Waals surface area contributed by atoms with E-state index in [9.17, 15) is 22.8 Å². The van der Waals surface area contributed by atoms with Crippen molar-refractivity contribution in [1.82, 2.24) is 20.1 Å². The topological polar surface area (TPSA) is 102 Å². The molecule has 0 saturated carbocycles. The molecule has 1 N–H and O–H groups in total. The average Bonchev–Trinajstić information content (AvgIpc) is 3.59. The Labute approximate surface area is 255 Å². The summed E-state index contributed by atoms with van der Waals surface area (Å²) in [6, 6.07) is 16.0. The Bertz CT molecular complexity index is 1760. The van der Waals surface area contributed by atoms with Gasteiger partial charge in [-0.05, 0) is 74.2 Å². The number of thioether (sulfide) groups is 1. The Hall–Kier alpha value is -4.91. The van der Waals surface area contributed by atoms with Crippen LogP contribution in [0, 0.1) is 20.8 Å². The van der Waals surface area contributed by atoms with E-state index in [2.05, 4.69) is 25.1 Å². The first-order valence-corrected chi connectivity index (χ1v) is 14.3. The van der Waals surface area contributed by atoms with Gasteiger partial charge in [-0.25, -0.2) is 14.5 Å². The summed E-state index contributed by atoms with van der Waals surface area (Å²) in [6.45, 7) is 7.69. The largest absolute Gasteiger partial charge is 0.573 e. The number of amides is 3. The quantitative estimate of drug-likeness (QED) is 0.250. The predicted molar refractivity (Wildman–Crippen MR) is 164 cm³/mol. The molecule has 0 spiro atoms. The molecule has 3 aromatic carbocycles. The number of hydrogen-bond acceptors (Lipinski definition) is 6. The minimum Gasteiger partial charge on any atom is -0.406 e. The molecule has 1 saturated heterocycles. The molecule has 4 aromatic rings. The van der Waals surface area contributed by atoms with Crippen LogP contribution in [-0.2, 0) is 4.79 Å². The normalized spacial score (nSPS) is 14.8. The zero-order valence-electron chi connectivity index (χ0n) is 24.1. The van der Waals surface area contributed by atoms with Crippen molar-refractivity contribution in [3.63, 3.8) is 0 Å². The van der Waals surface area contributed by atoms with E-state index in [1.807, 2.05) is 64.1 Å². The van der Waals surface area contributed by atoms with E-state index in [0.717, 1.165) is 39.1 Å². The Morgan fingerprint density at radius 1 is 1.05 bits per heavy atom. The van der Waals surface area contributed by atoms with Crippen LogP contribution in [0.1, 0.15) is 29.2 Å². The van der Waals surface area contributed by atoms with Crippen LogP contribution in [0.4, 0.5) is 23.7 Å². The third-order valence-electron chi connectivity index (χ3n) is 6.66. The lowest BCUT2D eigenvalue weighted by atomic mass is 10.0. The number of aryl methyl sites for hydroxylation is 3. The first-order valence-electron chi connectivity index (χ1n) is 13.4. The minimum atomic E-state index is -4.76. The lowest BCUT2D eigenvalue weighted by Crippen LogP contribution is -2.32. The third-order valence-corrected chi connectivity index (χ3v) is 7.58. The third kappa shape index (κ3) is 7.00. The Morgan fingerprint density at radius 3 is 2.34 bits per heavy atom. The van der Waals surface area contributed by atoms with Gasteiger partial charge < -0.3 is 10.1 Å². The summed E-state index contributed by atoms with van der Waals surface area (Å²) in [5.74, 6) is 0.170. The van der Waals surface area contributed by atoms with Gasteiger partial charge in [0.1, 0.15) is 12.1 Å². The number of aromatic nitrogens is 3. The first kappa shape index (κ1) is 30.5. The molecule has 9 nitrogen and oxygen atoms in total. The van der Waals surface area contributed by atoms with Gasteiger partial charge in [0.15, 0.2) is 11.0 Å². The standard InChI is InChI=1S/C31H27F3N6O3S/c1-18-13-19(2)27(20(3)14-18)40-26(41)16-44-30(40)37-29(42)35-15-21(4)22-5-7-23(8-6-22)28-36-17-39(38-28)24-9-11-25(12-10-24)43-31(32,33)34/h5-15,17H,16H2,1-4H3,(H,35,42)/b21-15+,37-30-. The van der Waals surface area contributed by atoms with E-state index in [1.54, 1.807) is 6.20 Å². The second-order valence-electron chi connectivity index (χ2n) is 10.1. The number of hydrogen-bond donors (Lipinski definition) is 1. The number of allylic oxidation sites excluding steroid dienone is 1. The highest BCUT2D eigenvalue weighted by Crippen LogP contribution is 2.33. The van der Waals surface area contributed by atoms with Gasteiger partial charge in [-0.15, -0.1) is 18.3 Å². The molecule has 0 atom stereocenters. The summed E-state index contributed by atoms with van der Waals surface area (Å²) in [7, 11) is 0. The number of halogens is 3. The summed E-state index contributed by atoms with van der Waals surface area (Å²) in [5, 5.41) is 7.42. The molecule has 0 radical (unpaired) electrons. The zero-order valence-corrected chi connectivity index (χ0v) is 25.0. The molecule has 44 heavy (non-hydrogen) atoms. The monoisotopic (exact) mass is 620 g/mol. The maximum atomic E-state index is 12.7. The molecule has 5 rings (SSSR count). The van der Waals surface area contributed by atoms with Gasteiger partial charge in [-0.2, -0.15) is 4.99 Å². The highest BCUT2D eigenvalue weighted by Gasteiger charge is 2.33. The van der Waals surface area contributed by atoms with Crippen molar-refractivity contribution in [2.75, 3.05) is 10.7 Å².